The monoisotopic (exact) mass is 1300 g/mol. The molecule has 474 valence electrons. The molecule has 0 N–H and O–H groups in total. The van der Waals surface area contributed by atoms with Crippen molar-refractivity contribution in [1.82, 2.24) is 28.2 Å². The maximum Gasteiger partial charge on any atom is 0.160 e. The third-order valence-electron chi connectivity index (χ3n) is 20.6. The van der Waals surface area contributed by atoms with Crippen LogP contribution in [0.4, 0.5) is 0 Å². The molecule has 0 fully saturated rings. The van der Waals surface area contributed by atoms with Crippen LogP contribution in [0.3, 0.4) is 0 Å². The first-order valence-corrected chi connectivity index (χ1v) is 34.6. The quantitative estimate of drug-likeness (QED) is 0.130. The number of aromatic nitrogens is 6. The van der Waals surface area contributed by atoms with Crippen LogP contribution in [0.15, 0.2) is 358 Å². The van der Waals surface area contributed by atoms with E-state index >= 15 is 0 Å². The maximum atomic E-state index is 9.73. The summed E-state index contributed by atoms with van der Waals surface area (Å²) in [4.78, 5) is 10.8. The summed E-state index contributed by atoms with van der Waals surface area (Å²) < 4.78 is 9.50. The Kier molecular flexibility index (Phi) is 13.5. The molecule has 0 amide bonds. The lowest BCUT2D eigenvalue weighted by atomic mass is 9.99. The second-order valence-corrected chi connectivity index (χ2v) is 26.4. The van der Waals surface area contributed by atoms with E-state index in [9.17, 15) is 5.26 Å². The fourth-order valence-electron chi connectivity index (χ4n) is 15.8. The van der Waals surface area contributed by atoms with Crippen molar-refractivity contribution in [2.45, 2.75) is 0 Å². The Morgan fingerprint density at radius 2 is 0.490 bits per heavy atom. The molecule has 5 heterocycles. The predicted molar refractivity (Wildman–Crippen MR) is 422 cm³/mol. The molecule has 0 radical (unpaired) electrons. The van der Waals surface area contributed by atoms with Crippen molar-refractivity contribution in [3.05, 3.63) is 363 Å². The molecular weight excluding hydrogens is 1240 g/mol. The van der Waals surface area contributed by atoms with Crippen molar-refractivity contribution < 1.29 is 0 Å². The molecule has 7 heteroatoms. The van der Waals surface area contributed by atoms with Crippen LogP contribution in [0.5, 0.6) is 0 Å². The Balaban J connectivity index is 0.636. The van der Waals surface area contributed by atoms with Crippen molar-refractivity contribution in [3.63, 3.8) is 0 Å². The Bertz CT molecular complexity index is 6780. The van der Waals surface area contributed by atoms with Gasteiger partial charge < -0.3 is 18.3 Å². The number of nitriles is 1. The van der Waals surface area contributed by atoms with Gasteiger partial charge in [-0.15, -0.1) is 0 Å². The van der Waals surface area contributed by atoms with Crippen LogP contribution in [0.25, 0.3) is 188 Å². The second kappa shape index (κ2) is 23.7. The zero-order valence-corrected chi connectivity index (χ0v) is 55.2. The van der Waals surface area contributed by atoms with E-state index in [1.54, 1.807) is 0 Å². The normalized spacial score (nSPS) is 11.7. The van der Waals surface area contributed by atoms with Gasteiger partial charge in [-0.1, -0.05) is 218 Å². The number of para-hydroxylation sites is 6. The molecule has 15 aromatic carbocycles. The van der Waals surface area contributed by atoms with Crippen LogP contribution in [0, 0.1) is 11.3 Å². The van der Waals surface area contributed by atoms with Crippen LogP contribution in [0.1, 0.15) is 5.56 Å². The highest BCUT2D eigenvalue weighted by Crippen LogP contribution is 2.43. The first-order valence-electron chi connectivity index (χ1n) is 34.6. The largest absolute Gasteiger partial charge is 0.309 e. The van der Waals surface area contributed by atoms with Gasteiger partial charge in [-0.25, -0.2) is 9.97 Å². The molecule has 0 aliphatic rings. The molecule has 20 rings (SSSR count). The highest BCUT2D eigenvalue weighted by Gasteiger charge is 2.21. The lowest BCUT2D eigenvalue weighted by Crippen LogP contribution is -1.98. The fourth-order valence-corrected chi connectivity index (χ4v) is 15.8. The van der Waals surface area contributed by atoms with Gasteiger partial charge in [-0.2, -0.15) is 5.26 Å². The molecule has 0 spiro atoms. The highest BCUT2D eigenvalue weighted by molar-refractivity contribution is 6.15. The number of benzene rings is 15. The molecular formula is C95H59N7. The zero-order chi connectivity index (χ0) is 67.4. The summed E-state index contributed by atoms with van der Waals surface area (Å²) in [6.07, 6.45) is 0. The van der Waals surface area contributed by atoms with Gasteiger partial charge in [0.15, 0.2) is 5.82 Å². The lowest BCUT2D eigenvalue weighted by Gasteiger charge is -2.13. The van der Waals surface area contributed by atoms with Gasteiger partial charge in [-0.3, -0.25) is 0 Å². The topological polar surface area (TPSA) is 69.3 Å². The van der Waals surface area contributed by atoms with E-state index in [0.717, 1.165) is 101 Å². The van der Waals surface area contributed by atoms with E-state index in [0.29, 0.717) is 11.4 Å². The van der Waals surface area contributed by atoms with Gasteiger partial charge in [0.1, 0.15) is 0 Å². The van der Waals surface area contributed by atoms with E-state index in [2.05, 4.69) is 358 Å². The molecule has 0 bridgehead atoms. The molecule has 102 heavy (non-hydrogen) atoms. The molecule has 20 aromatic rings. The highest BCUT2D eigenvalue weighted by atomic mass is 15.0. The van der Waals surface area contributed by atoms with Crippen LogP contribution in [-0.2, 0) is 0 Å². The number of nitrogens with zero attached hydrogens (tertiary/aromatic N) is 7. The summed E-state index contributed by atoms with van der Waals surface area (Å²) in [5.74, 6) is 0.619. The van der Waals surface area contributed by atoms with E-state index in [1.165, 1.54) is 81.8 Å². The molecule has 0 aliphatic heterocycles. The van der Waals surface area contributed by atoms with E-state index in [-0.39, 0.29) is 0 Å². The lowest BCUT2D eigenvalue weighted by molar-refractivity contribution is 1.16. The van der Waals surface area contributed by atoms with Crippen LogP contribution in [-0.4, -0.2) is 28.2 Å². The van der Waals surface area contributed by atoms with E-state index in [4.69, 9.17) is 9.97 Å². The minimum absolute atomic E-state index is 0.619. The number of fused-ring (bicyclic) bond motifs is 12. The summed E-state index contributed by atoms with van der Waals surface area (Å²) in [7, 11) is 0. The van der Waals surface area contributed by atoms with Crippen molar-refractivity contribution >= 4 is 87.2 Å². The summed E-state index contributed by atoms with van der Waals surface area (Å²) in [5.41, 5.74) is 27.7. The average Bonchev–Trinajstić information content (AvgIpc) is 1.59. The molecule has 5 aromatic heterocycles. The number of hydrogen-bond acceptors (Lipinski definition) is 3. The SMILES string of the molecule is N#Cc1cccc(-c2ccc(-c3cc(-c4ccc(-c5ccc(-n6c7ccccc7c7cc(-c8ccc9c(c8)c8ccccc8n9-c8ccccc8)ccc76)cc5)cc4)nc(-c4cccc(-n5c6ccccc6c6cc(-c7ccc8c(c7)c7ccccc7n8-c7ccccc7)ccc65)c4)n3)cc2)c1. The summed E-state index contributed by atoms with van der Waals surface area (Å²) in [6.45, 7) is 0. The van der Waals surface area contributed by atoms with Gasteiger partial charge >= 0.3 is 0 Å². The third-order valence-corrected chi connectivity index (χ3v) is 20.6. The second-order valence-electron chi connectivity index (χ2n) is 26.4. The van der Waals surface area contributed by atoms with Crippen LogP contribution in [0.2, 0.25) is 0 Å². The summed E-state index contributed by atoms with van der Waals surface area (Å²) in [6, 6.07) is 131. The van der Waals surface area contributed by atoms with E-state index in [1.807, 2.05) is 24.3 Å². The molecule has 0 unspecified atom stereocenters. The fraction of sp³-hybridized carbons (Fsp3) is 0. The third kappa shape index (κ3) is 9.65. The van der Waals surface area contributed by atoms with Gasteiger partial charge in [-0.05, 0) is 184 Å². The summed E-state index contributed by atoms with van der Waals surface area (Å²) in [5, 5.41) is 19.4. The molecule has 7 nitrogen and oxygen atoms in total. The van der Waals surface area contributed by atoms with Gasteiger partial charge in [0.05, 0.1) is 67.2 Å². The van der Waals surface area contributed by atoms with Gasteiger partial charge in [0.2, 0.25) is 0 Å². The summed E-state index contributed by atoms with van der Waals surface area (Å²) >= 11 is 0. The Hall–Kier alpha value is -13.9. The first-order chi connectivity index (χ1) is 50.5. The minimum atomic E-state index is 0.619. The van der Waals surface area contributed by atoms with E-state index < -0.39 is 0 Å². The zero-order valence-electron chi connectivity index (χ0n) is 55.2. The minimum Gasteiger partial charge on any atom is -0.309 e. The molecule has 0 saturated carbocycles. The average molecular weight is 1300 g/mol. The van der Waals surface area contributed by atoms with Crippen LogP contribution >= 0.6 is 0 Å². The first kappa shape index (κ1) is 58.2. The van der Waals surface area contributed by atoms with Crippen LogP contribution < -0.4 is 0 Å². The number of hydrogen-bond donors (Lipinski definition) is 0. The molecule has 0 atom stereocenters. The van der Waals surface area contributed by atoms with Crippen molar-refractivity contribution in [2.24, 2.45) is 0 Å². The maximum absolute atomic E-state index is 9.73. The molecule has 0 saturated heterocycles. The molecule has 0 aliphatic carbocycles. The Labute approximate surface area is 587 Å². The van der Waals surface area contributed by atoms with Gasteiger partial charge in [0, 0.05) is 82.5 Å². The van der Waals surface area contributed by atoms with Gasteiger partial charge in [0.25, 0.3) is 0 Å². The van der Waals surface area contributed by atoms with Crippen molar-refractivity contribution in [2.75, 3.05) is 0 Å². The van der Waals surface area contributed by atoms with Crippen molar-refractivity contribution in [3.8, 4) is 107 Å². The predicted octanol–water partition coefficient (Wildman–Crippen LogP) is 24.4. The van der Waals surface area contributed by atoms with Crippen molar-refractivity contribution in [1.29, 1.82) is 5.26 Å². The Morgan fingerprint density at radius 1 is 0.196 bits per heavy atom. The number of rotatable bonds is 11. The standard InChI is InChI=1S/C95H59N7/c96-60-61-17-15-18-67(53-61)64-35-39-66(40-36-64)86-59-85(97-95(98-86)72-19-16-24-76(54-72)102-90-32-14-10-28-80(90)84-58-71(46-52-94(84)102)69-44-50-92-82(56-69)78-26-8-12-30-88(78)100(92)74-22-5-2-6-23-74)65-37-33-62(34-38-65)63-41-47-75(48-42-63)101-89-31-13-9-27-79(89)83-57-70(45-51-93(83)101)68-43-49-91-81(55-68)77-25-7-11-29-87(77)99(91)73-20-3-1-4-21-73/h1-59H. The Morgan fingerprint density at radius 3 is 0.902 bits per heavy atom. The smallest absolute Gasteiger partial charge is 0.160 e.